The molecule has 1 aromatic heterocycles. The lowest BCUT2D eigenvalue weighted by Crippen LogP contribution is -2.27. The molecule has 1 aliphatic rings. The highest BCUT2D eigenvalue weighted by molar-refractivity contribution is 5.30. The maximum absolute atomic E-state index is 5.11. The number of imidazole rings is 1. The van der Waals surface area contributed by atoms with E-state index in [1.54, 1.807) is 7.11 Å². The Balaban J connectivity index is 1.86. The summed E-state index contributed by atoms with van der Waals surface area (Å²) in [7, 11) is 3.88. The number of aromatic nitrogens is 2. The van der Waals surface area contributed by atoms with Gasteiger partial charge in [0, 0.05) is 39.0 Å². The number of nitrogens with one attached hydrogen (secondary N) is 1. The molecule has 1 heterocycles. The predicted molar refractivity (Wildman–Crippen MR) is 82.2 cm³/mol. The van der Waals surface area contributed by atoms with Gasteiger partial charge in [-0.2, -0.15) is 0 Å². The zero-order valence-corrected chi connectivity index (χ0v) is 13.1. The Morgan fingerprint density at radius 3 is 2.85 bits per heavy atom. The summed E-state index contributed by atoms with van der Waals surface area (Å²) in [5, 5.41) is 3.61. The number of aryl methyl sites for hydroxylation is 1. The van der Waals surface area contributed by atoms with Gasteiger partial charge in [-0.25, -0.2) is 4.98 Å². The highest BCUT2D eigenvalue weighted by Crippen LogP contribution is 2.22. The molecule has 0 saturated heterocycles. The molecule has 1 fully saturated rings. The first kappa shape index (κ1) is 15.3. The second-order valence-corrected chi connectivity index (χ2v) is 5.82. The van der Waals surface area contributed by atoms with Crippen molar-refractivity contribution in [3.05, 3.63) is 11.9 Å². The van der Waals surface area contributed by atoms with Crippen LogP contribution in [-0.4, -0.2) is 54.3 Å². The average Bonchev–Trinajstić information content (AvgIpc) is 3.04. The molecule has 1 aliphatic carbocycles. The minimum Gasteiger partial charge on any atom is -0.383 e. The van der Waals surface area contributed by atoms with E-state index in [4.69, 9.17) is 4.74 Å². The summed E-state index contributed by atoms with van der Waals surface area (Å²) in [5.74, 6) is 1.04. The van der Waals surface area contributed by atoms with Crippen LogP contribution in [0.25, 0.3) is 0 Å². The molecule has 0 radical (unpaired) electrons. The number of rotatable bonds is 8. The number of hydrogen-bond acceptors (Lipinski definition) is 4. The topological polar surface area (TPSA) is 42.3 Å². The van der Waals surface area contributed by atoms with Gasteiger partial charge in [-0.3, -0.25) is 0 Å². The van der Waals surface area contributed by atoms with Crippen molar-refractivity contribution in [2.45, 2.75) is 45.2 Å². The van der Waals surface area contributed by atoms with Crippen molar-refractivity contribution >= 4 is 5.95 Å². The van der Waals surface area contributed by atoms with Crippen molar-refractivity contribution < 1.29 is 4.74 Å². The van der Waals surface area contributed by atoms with Crippen LogP contribution in [0.5, 0.6) is 0 Å². The first-order valence-electron chi connectivity index (χ1n) is 7.67. The molecule has 114 valence electrons. The quantitative estimate of drug-likeness (QED) is 0.792. The molecule has 5 nitrogen and oxygen atoms in total. The van der Waals surface area contributed by atoms with Gasteiger partial charge in [0.05, 0.1) is 12.3 Å². The minimum atomic E-state index is 0.613. The molecule has 0 spiro atoms. The third-order valence-electron chi connectivity index (χ3n) is 3.99. The molecule has 1 saturated carbocycles. The van der Waals surface area contributed by atoms with Crippen LogP contribution in [0.15, 0.2) is 6.20 Å². The third kappa shape index (κ3) is 4.49. The Hall–Kier alpha value is -1.07. The van der Waals surface area contributed by atoms with E-state index < -0.39 is 0 Å². The van der Waals surface area contributed by atoms with Crippen molar-refractivity contribution in [2.24, 2.45) is 0 Å². The third-order valence-corrected chi connectivity index (χ3v) is 3.99. The number of ether oxygens (including phenoxy) is 1. The van der Waals surface area contributed by atoms with E-state index in [2.05, 4.69) is 39.9 Å². The van der Waals surface area contributed by atoms with E-state index in [0.29, 0.717) is 6.04 Å². The van der Waals surface area contributed by atoms with Crippen molar-refractivity contribution in [3.8, 4) is 0 Å². The smallest absolute Gasteiger partial charge is 0.203 e. The average molecular weight is 280 g/mol. The SMILES string of the molecule is COCCN(C)CCn1cc(C)nc1NC1CCCC1. The van der Waals surface area contributed by atoms with Gasteiger partial charge >= 0.3 is 0 Å². The fourth-order valence-corrected chi connectivity index (χ4v) is 2.72. The number of nitrogens with zero attached hydrogens (tertiary/aromatic N) is 3. The van der Waals surface area contributed by atoms with Crippen LogP contribution in [0.4, 0.5) is 5.95 Å². The minimum absolute atomic E-state index is 0.613. The summed E-state index contributed by atoms with van der Waals surface area (Å²) in [6, 6.07) is 0.613. The van der Waals surface area contributed by atoms with Gasteiger partial charge in [0.1, 0.15) is 0 Å². The Kier molecular flexibility index (Phi) is 5.86. The Labute approximate surface area is 122 Å². The standard InChI is InChI=1S/C15H28N4O/c1-13-12-19(9-8-18(2)10-11-20-3)15(16-13)17-14-6-4-5-7-14/h12,14H,4-11H2,1-3H3,(H,16,17). The lowest BCUT2D eigenvalue weighted by atomic mass is 10.2. The van der Waals surface area contributed by atoms with Crippen LogP contribution >= 0.6 is 0 Å². The molecule has 2 rings (SSSR count). The van der Waals surface area contributed by atoms with Gasteiger partial charge < -0.3 is 19.5 Å². The van der Waals surface area contributed by atoms with Crippen LogP contribution in [0.1, 0.15) is 31.4 Å². The number of likely N-dealkylation sites (N-methyl/N-ethyl adjacent to an activating group) is 1. The summed E-state index contributed by atoms with van der Waals surface area (Å²) in [5.41, 5.74) is 1.09. The molecular formula is C15H28N4O. The van der Waals surface area contributed by atoms with E-state index >= 15 is 0 Å². The van der Waals surface area contributed by atoms with Gasteiger partial charge in [-0.05, 0) is 26.8 Å². The van der Waals surface area contributed by atoms with E-state index in [1.807, 2.05) is 0 Å². The fraction of sp³-hybridized carbons (Fsp3) is 0.800. The molecule has 0 aromatic carbocycles. The van der Waals surface area contributed by atoms with Crippen LogP contribution in [0.2, 0.25) is 0 Å². The predicted octanol–water partition coefficient (Wildman–Crippen LogP) is 2.12. The lowest BCUT2D eigenvalue weighted by molar-refractivity contribution is 0.159. The molecule has 0 atom stereocenters. The summed E-state index contributed by atoms with van der Waals surface area (Å²) >= 11 is 0. The van der Waals surface area contributed by atoms with E-state index in [1.165, 1.54) is 25.7 Å². The highest BCUT2D eigenvalue weighted by Gasteiger charge is 2.17. The van der Waals surface area contributed by atoms with Gasteiger partial charge in [-0.1, -0.05) is 12.8 Å². The maximum atomic E-state index is 5.11. The van der Waals surface area contributed by atoms with Crippen LogP contribution in [0, 0.1) is 6.92 Å². The Morgan fingerprint density at radius 2 is 2.15 bits per heavy atom. The normalized spacial score (nSPS) is 16.2. The second-order valence-electron chi connectivity index (χ2n) is 5.82. The molecule has 1 aromatic rings. The molecule has 0 aliphatic heterocycles. The van der Waals surface area contributed by atoms with Gasteiger partial charge in [0.2, 0.25) is 5.95 Å². The maximum Gasteiger partial charge on any atom is 0.203 e. The summed E-state index contributed by atoms with van der Waals surface area (Å²) in [6.07, 6.45) is 7.38. The molecular weight excluding hydrogens is 252 g/mol. The second kappa shape index (κ2) is 7.64. The van der Waals surface area contributed by atoms with Gasteiger partial charge in [0.15, 0.2) is 0 Å². The van der Waals surface area contributed by atoms with E-state index in [0.717, 1.165) is 37.9 Å². The van der Waals surface area contributed by atoms with E-state index in [-0.39, 0.29) is 0 Å². The number of methoxy groups -OCH3 is 1. The zero-order valence-electron chi connectivity index (χ0n) is 13.1. The molecule has 1 N–H and O–H groups in total. The van der Waals surface area contributed by atoms with Crippen LogP contribution < -0.4 is 5.32 Å². The number of hydrogen-bond donors (Lipinski definition) is 1. The fourth-order valence-electron chi connectivity index (χ4n) is 2.72. The molecule has 0 unspecified atom stereocenters. The molecule has 20 heavy (non-hydrogen) atoms. The van der Waals surface area contributed by atoms with Crippen LogP contribution in [-0.2, 0) is 11.3 Å². The first-order chi connectivity index (χ1) is 9.69. The Bertz CT molecular complexity index is 399. The largest absolute Gasteiger partial charge is 0.383 e. The monoisotopic (exact) mass is 280 g/mol. The van der Waals surface area contributed by atoms with Crippen molar-refractivity contribution in [3.63, 3.8) is 0 Å². The molecule has 5 heteroatoms. The summed E-state index contributed by atoms with van der Waals surface area (Å²) in [6.45, 7) is 5.79. The van der Waals surface area contributed by atoms with Crippen LogP contribution in [0.3, 0.4) is 0 Å². The Morgan fingerprint density at radius 1 is 1.40 bits per heavy atom. The first-order valence-corrected chi connectivity index (χ1v) is 7.67. The zero-order chi connectivity index (χ0) is 14.4. The summed E-state index contributed by atoms with van der Waals surface area (Å²) in [4.78, 5) is 6.91. The van der Waals surface area contributed by atoms with E-state index in [9.17, 15) is 0 Å². The lowest BCUT2D eigenvalue weighted by Gasteiger charge is -2.18. The van der Waals surface area contributed by atoms with Crippen molar-refractivity contribution in [1.29, 1.82) is 0 Å². The van der Waals surface area contributed by atoms with Gasteiger partial charge in [0.25, 0.3) is 0 Å². The summed E-state index contributed by atoms with van der Waals surface area (Å²) < 4.78 is 7.35. The van der Waals surface area contributed by atoms with Crippen molar-refractivity contribution in [1.82, 2.24) is 14.5 Å². The van der Waals surface area contributed by atoms with Crippen molar-refractivity contribution in [2.75, 3.05) is 39.2 Å². The molecule has 0 amide bonds. The highest BCUT2D eigenvalue weighted by atomic mass is 16.5. The van der Waals surface area contributed by atoms with Gasteiger partial charge in [-0.15, -0.1) is 0 Å². The number of anilines is 1. The molecule has 0 bridgehead atoms.